The topological polar surface area (TPSA) is 103 Å². The monoisotopic (exact) mass is 453 g/mol. The number of nitrogens with one attached hydrogen (secondary N) is 1. The predicted molar refractivity (Wildman–Crippen MR) is 125 cm³/mol. The maximum absolute atomic E-state index is 12.8. The van der Waals surface area contributed by atoms with Gasteiger partial charge in [0.05, 0.1) is 11.3 Å². The third kappa shape index (κ3) is 5.16. The Balaban J connectivity index is 1.37. The first kappa shape index (κ1) is 22.4. The van der Waals surface area contributed by atoms with Gasteiger partial charge in [-0.15, -0.1) is 0 Å². The number of hydrogen-bond acceptors (Lipinski definition) is 6. The summed E-state index contributed by atoms with van der Waals surface area (Å²) in [5.41, 5.74) is 2.09. The van der Waals surface area contributed by atoms with Crippen molar-refractivity contribution in [3.05, 3.63) is 113 Å². The molecule has 4 aromatic rings. The fourth-order valence-electron chi connectivity index (χ4n) is 3.28. The van der Waals surface area contributed by atoms with Crippen LogP contribution in [-0.2, 0) is 9.53 Å². The largest absolute Gasteiger partial charge is 0.453 e. The summed E-state index contributed by atoms with van der Waals surface area (Å²) in [4.78, 5) is 48.3. The summed E-state index contributed by atoms with van der Waals surface area (Å²) in [5.74, 6) is -0.786. The van der Waals surface area contributed by atoms with Crippen LogP contribution in [0.25, 0.3) is 11.3 Å². The zero-order valence-corrected chi connectivity index (χ0v) is 17.9. The number of hydrogen-bond donors (Lipinski definition) is 1. The minimum atomic E-state index is -0.677. The van der Waals surface area contributed by atoms with Gasteiger partial charge in [-0.25, -0.2) is 4.79 Å². The molecule has 0 unspecified atom stereocenters. The lowest BCUT2D eigenvalue weighted by molar-refractivity contribution is -0.119. The quantitative estimate of drug-likeness (QED) is 0.234. The van der Waals surface area contributed by atoms with E-state index in [2.05, 4.69) is 5.32 Å². The molecule has 0 aliphatic rings. The summed E-state index contributed by atoms with van der Waals surface area (Å²) in [6.07, 6.45) is 0.607. The zero-order valence-electron chi connectivity index (χ0n) is 17.9. The third-order valence-electron chi connectivity index (χ3n) is 4.96. The van der Waals surface area contributed by atoms with Crippen molar-refractivity contribution in [2.24, 2.45) is 0 Å². The average Bonchev–Trinajstić information content (AvgIpc) is 3.37. The number of carbonyl (C=O) groups is 4. The SMILES string of the molecule is O=Cc1ccc(-c2ccc(C(=O)OCC(=O)Nc3ccccc3C(=O)c3ccccc3)cc2)o1. The summed E-state index contributed by atoms with van der Waals surface area (Å²) in [5, 5.41) is 2.63. The number of amides is 1. The van der Waals surface area contributed by atoms with Gasteiger partial charge < -0.3 is 14.5 Å². The van der Waals surface area contributed by atoms with Gasteiger partial charge in [0.1, 0.15) is 5.76 Å². The van der Waals surface area contributed by atoms with Crippen LogP contribution >= 0.6 is 0 Å². The molecular weight excluding hydrogens is 434 g/mol. The van der Waals surface area contributed by atoms with Crippen LogP contribution in [0.1, 0.15) is 36.8 Å². The standard InChI is InChI=1S/C27H19NO6/c29-16-21-14-15-24(34-21)18-10-12-20(13-11-18)27(32)33-17-25(30)28-23-9-5-4-8-22(23)26(31)19-6-2-1-3-7-19/h1-16H,17H2,(H,28,30). The second-order valence-electron chi connectivity index (χ2n) is 7.26. The van der Waals surface area contributed by atoms with Crippen LogP contribution in [0.2, 0.25) is 0 Å². The summed E-state index contributed by atoms with van der Waals surface area (Å²) in [6, 6.07) is 24.9. The highest BCUT2D eigenvalue weighted by atomic mass is 16.5. The minimum Gasteiger partial charge on any atom is -0.453 e. The fraction of sp³-hybridized carbons (Fsp3) is 0.0370. The molecule has 168 valence electrons. The molecule has 0 radical (unpaired) electrons. The number of rotatable bonds is 8. The summed E-state index contributed by atoms with van der Waals surface area (Å²) in [7, 11) is 0. The highest BCUT2D eigenvalue weighted by Crippen LogP contribution is 2.22. The molecular formula is C27H19NO6. The maximum Gasteiger partial charge on any atom is 0.338 e. The van der Waals surface area contributed by atoms with E-state index in [-0.39, 0.29) is 17.1 Å². The zero-order chi connectivity index (χ0) is 23.9. The van der Waals surface area contributed by atoms with Gasteiger partial charge in [0.25, 0.3) is 5.91 Å². The van der Waals surface area contributed by atoms with Crippen LogP contribution in [0.15, 0.2) is 95.4 Å². The number of benzene rings is 3. The summed E-state index contributed by atoms with van der Waals surface area (Å²) >= 11 is 0. The van der Waals surface area contributed by atoms with Crippen molar-refractivity contribution in [2.45, 2.75) is 0 Å². The number of ether oxygens (including phenoxy) is 1. The minimum absolute atomic E-state index is 0.205. The predicted octanol–water partition coefficient (Wildman–Crippen LogP) is 4.79. The number of esters is 1. The van der Waals surface area contributed by atoms with E-state index in [4.69, 9.17) is 9.15 Å². The molecule has 7 nitrogen and oxygen atoms in total. The van der Waals surface area contributed by atoms with E-state index >= 15 is 0 Å². The lowest BCUT2D eigenvalue weighted by Crippen LogP contribution is -2.22. The molecule has 0 saturated heterocycles. The molecule has 1 aromatic heterocycles. The molecule has 1 N–H and O–H groups in total. The van der Waals surface area contributed by atoms with Gasteiger partial charge in [-0.2, -0.15) is 0 Å². The molecule has 0 atom stereocenters. The van der Waals surface area contributed by atoms with Gasteiger partial charge in [-0.05, 0) is 36.4 Å². The molecule has 3 aromatic carbocycles. The van der Waals surface area contributed by atoms with Crippen molar-refractivity contribution < 1.29 is 28.3 Å². The van der Waals surface area contributed by atoms with Crippen LogP contribution in [0.5, 0.6) is 0 Å². The fourth-order valence-corrected chi connectivity index (χ4v) is 3.28. The number of anilines is 1. The molecule has 0 bridgehead atoms. The van der Waals surface area contributed by atoms with Crippen molar-refractivity contribution >= 4 is 29.6 Å². The number of para-hydroxylation sites is 1. The first-order valence-corrected chi connectivity index (χ1v) is 10.4. The Morgan fingerprint density at radius 3 is 2.21 bits per heavy atom. The number of furan rings is 1. The maximum atomic E-state index is 12.8. The van der Waals surface area contributed by atoms with Gasteiger partial charge >= 0.3 is 5.97 Å². The number of aldehydes is 1. The van der Waals surface area contributed by atoms with Crippen molar-refractivity contribution in [1.82, 2.24) is 0 Å². The summed E-state index contributed by atoms with van der Waals surface area (Å²) < 4.78 is 10.5. The normalized spacial score (nSPS) is 10.4. The first-order valence-electron chi connectivity index (χ1n) is 10.4. The van der Waals surface area contributed by atoms with Crippen molar-refractivity contribution in [3.63, 3.8) is 0 Å². The lowest BCUT2D eigenvalue weighted by Gasteiger charge is -2.11. The van der Waals surface area contributed by atoms with E-state index in [1.54, 1.807) is 72.8 Å². The second-order valence-corrected chi connectivity index (χ2v) is 7.26. The molecule has 0 fully saturated rings. The number of ketones is 1. The highest BCUT2D eigenvalue weighted by molar-refractivity contribution is 6.14. The van der Waals surface area contributed by atoms with Crippen LogP contribution in [-0.4, -0.2) is 30.6 Å². The van der Waals surface area contributed by atoms with E-state index in [1.165, 1.54) is 12.1 Å². The van der Waals surface area contributed by atoms with Gasteiger partial charge in [0.2, 0.25) is 0 Å². The molecule has 7 heteroatoms. The lowest BCUT2D eigenvalue weighted by atomic mass is 10.0. The molecule has 0 spiro atoms. The Labute approximate surface area is 195 Å². The second kappa shape index (κ2) is 10.2. The Morgan fingerprint density at radius 2 is 1.50 bits per heavy atom. The van der Waals surface area contributed by atoms with Gasteiger partial charge in [0.15, 0.2) is 24.4 Å². The smallest absolute Gasteiger partial charge is 0.338 e. The third-order valence-corrected chi connectivity index (χ3v) is 4.96. The van der Waals surface area contributed by atoms with Crippen LogP contribution < -0.4 is 5.32 Å². The average molecular weight is 453 g/mol. The van der Waals surface area contributed by atoms with E-state index < -0.39 is 18.5 Å². The number of carbonyl (C=O) groups excluding carboxylic acids is 4. The van der Waals surface area contributed by atoms with Gasteiger partial charge in [0, 0.05) is 16.7 Å². The summed E-state index contributed by atoms with van der Waals surface area (Å²) in [6.45, 7) is -0.519. The Kier molecular flexibility index (Phi) is 6.74. The van der Waals surface area contributed by atoms with E-state index in [9.17, 15) is 19.2 Å². The molecule has 34 heavy (non-hydrogen) atoms. The van der Waals surface area contributed by atoms with Crippen molar-refractivity contribution in [3.8, 4) is 11.3 Å². The van der Waals surface area contributed by atoms with Gasteiger partial charge in [-0.3, -0.25) is 14.4 Å². The molecule has 0 aliphatic heterocycles. The molecule has 1 heterocycles. The Morgan fingerprint density at radius 1 is 0.794 bits per heavy atom. The van der Waals surface area contributed by atoms with E-state index in [0.717, 1.165) is 0 Å². The first-order chi connectivity index (χ1) is 16.5. The molecule has 0 saturated carbocycles. The molecule has 1 amide bonds. The van der Waals surface area contributed by atoms with Crippen LogP contribution in [0.4, 0.5) is 5.69 Å². The Hall–Kier alpha value is -4.78. The van der Waals surface area contributed by atoms with E-state index in [1.807, 2.05) is 6.07 Å². The molecule has 0 aliphatic carbocycles. The van der Waals surface area contributed by atoms with E-state index in [0.29, 0.717) is 34.4 Å². The van der Waals surface area contributed by atoms with Gasteiger partial charge in [-0.1, -0.05) is 54.6 Å². The Bertz CT molecular complexity index is 1340. The molecule has 4 rings (SSSR count). The highest BCUT2D eigenvalue weighted by Gasteiger charge is 2.16. The van der Waals surface area contributed by atoms with Crippen LogP contribution in [0, 0.1) is 0 Å². The van der Waals surface area contributed by atoms with Crippen LogP contribution in [0.3, 0.4) is 0 Å². The van der Waals surface area contributed by atoms with Crippen molar-refractivity contribution in [2.75, 3.05) is 11.9 Å². The van der Waals surface area contributed by atoms with Crippen molar-refractivity contribution in [1.29, 1.82) is 0 Å².